The summed E-state index contributed by atoms with van der Waals surface area (Å²) in [5.74, 6) is 0.578. The van der Waals surface area contributed by atoms with Crippen LogP contribution in [-0.2, 0) is 6.54 Å². The molecule has 0 bridgehead atoms. The minimum atomic E-state index is -4.19. The Kier molecular flexibility index (Phi) is 5.29. The number of alkyl halides is 3. The standard InChI is InChI=1S/C17H21F3N4S/c1-11-14(12(2)22-5-6-25-17(18,19)20)3-4-16-15(11)10-24(23-16)9-13-7-21-8-13/h3-4,10,13,21-22H,2,5-9H2,1H3. The van der Waals surface area contributed by atoms with E-state index in [0.717, 1.165) is 41.7 Å². The van der Waals surface area contributed by atoms with Crippen LogP contribution < -0.4 is 10.6 Å². The number of hydrogen-bond donors (Lipinski definition) is 2. The maximum Gasteiger partial charge on any atom is 0.441 e. The number of rotatable bonds is 7. The van der Waals surface area contributed by atoms with Crippen molar-refractivity contribution in [2.45, 2.75) is 19.0 Å². The number of aromatic nitrogens is 2. The minimum Gasteiger partial charge on any atom is -0.384 e. The first-order valence-electron chi connectivity index (χ1n) is 8.15. The molecule has 1 aromatic heterocycles. The van der Waals surface area contributed by atoms with E-state index in [1.807, 2.05) is 29.9 Å². The molecule has 1 fully saturated rings. The lowest BCUT2D eigenvalue weighted by atomic mass is 10.0. The second-order valence-corrected chi connectivity index (χ2v) is 7.41. The van der Waals surface area contributed by atoms with Gasteiger partial charge >= 0.3 is 5.51 Å². The van der Waals surface area contributed by atoms with E-state index in [1.165, 1.54) is 0 Å². The summed E-state index contributed by atoms with van der Waals surface area (Å²) in [7, 11) is 0. The topological polar surface area (TPSA) is 41.9 Å². The van der Waals surface area contributed by atoms with E-state index in [0.29, 0.717) is 11.6 Å². The maximum absolute atomic E-state index is 12.2. The molecule has 4 nitrogen and oxygen atoms in total. The van der Waals surface area contributed by atoms with E-state index < -0.39 is 5.51 Å². The van der Waals surface area contributed by atoms with Crippen molar-refractivity contribution in [3.8, 4) is 0 Å². The third-order valence-corrected chi connectivity index (χ3v) is 5.08. The normalized spacial score (nSPS) is 15.4. The first kappa shape index (κ1) is 18.1. The first-order valence-corrected chi connectivity index (χ1v) is 9.13. The van der Waals surface area contributed by atoms with Crippen LogP contribution in [0.15, 0.2) is 24.9 Å². The first-order chi connectivity index (χ1) is 11.8. The summed E-state index contributed by atoms with van der Waals surface area (Å²) in [5.41, 5.74) is -0.680. The average molecular weight is 370 g/mol. The number of thioether (sulfide) groups is 1. The monoisotopic (exact) mass is 370 g/mol. The van der Waals surface area contributed by atoms with Gasteiger partial charge < -0.3 is 10.6 Å². The van der Waals surface area contributed by atoms with Crippen molar-refractivity contribution >= 4 is 28.4 Å². The van der Waals surface area contributed by atoms with Crippen LogP contribution in [0.1, 0.15) is 11.1 Å². The largest absolute Gasteiger partial charge is 0.441 e. The van der Waals surface area contributed by atoms with Crippen molar-refractivity contribution in [3.05, 3.63) is 36.0 Å². The van der Waals surface area contributed by atoms with Crippen molar-refractivity contribution in [2.24, 2.45) is 5.92 Å². The van der Waals surface area contributed by atoms with Crippen LogP contribution in [0.3, 0.4) is 0 Å². The van der Waals surface area contributed by atoms with Gasteiger partial charge in [-0.15, -0.1) is 0 Å². The minimum absolute atomic E-state index is 0.0280. The van der Waals surface area contributed by atoms with Crippen LogP contribution in [-0.4, -0.2) is 40.7 Å². The molecule has 1 saturated heterocycles. The lowest BCUT2D eigenvalue weighted by molar-refractivity contribution is -0.0327. The number of halogens is 3. The van der Waals surface area contributed by atoms with E-state index in [-0.39, 0.29) is 24.1 Å². The number of aryl methyl sites for hydroxylation is 1. The molecule has 1 aromatic carbocycles. The molecule has 136 valence electrons. The molecule has 1 aliphatic rings. The van der Waals surface area contributed by atoms with Gasteiger partial charge in [0.25, 0.3) is 0 Å². The van der Waals surface area contributed by atoms with Gasteiger partial charge in [-0.3, -0.25) is 4.68 Å². The summed E-state index contributed by atoms with van der Waals surface area (Å²) in [6.07, 6.45) is 2.04. The second-order valence-electron chi connectivity index (χ2n) is 6.25. The Hall–Kier alpha value is -1.67. The van der Waals surface area contributed by atoms with Crippen LogP contribution in [0.5, 0.6) is 0 Å². The van der Waals surface area contributed by atoms with Crippen molar-refractivity contribution in [3.63, 3.8) is 0 Å². The molecule has 8 heteroatoms. The predicted molar refractivity (Wildman–Crippen MR) is 96.4 cm³/mol. The van der Waals surface area contributed by atoms with Gasteiger partial charge in [0.2, 0.25) is 0 Å². The second kappa shape index (κ2) is 7.29. The number of nitrogens with zero attached hydrogens (tertiary/aromatic N) is 2. The molecule has 0 amide bonds. The molecule has 0 saturated carbocycles. The molecular formula is C17H21F3N4S. The Morgan fingerprint density at radius 2 is 2.20 bits per heavy atom. The molecule has 0 radical (unpaired) electrons. The van der Waals surface area contributed by atoms with E-state index >= 15 is 0 Å². The molecule has 0 spiro atoms. The van der Waals surface area contributed by atoms with Gasteiger partial charge in [0, 0.05) is 60.7 Å². The third kappa shape index (κ3) is 4.49. The fourth-order valence-corrected chi connectivity index (χ4v) is 3.34. The fraction of sp³-hybridized carbons (Fsp3) is 0.471. The number of hydrogen-bond acceptors (Lipinski definition) is 4. The molecule has 3 rings (SSSR count). The van der Waals surface area contributed by atoms with E-state index in [9.17, 15) is 13.2 Å². The van der Waals surface area contributed by atoms with Crippen molar-refractivity contribution < 1.29 is 13.2 Å². The van der Waals surface area contributed by atoms with Crippen molar-refractivity contribution in [2.75, 3.05) is 25.4 Å². The highest BCUT2D eigenvalue weighted by Gasteiger charge is 2.27. The summed E-state index contributed by atoms with van der Waals surface area (Å²) in [6.45, 7) is 9.12. The van der Waals surface area contributed by atoms with E-state index in [4.69, 9.17) is 0 Å². The highest BCUT2D eigenvalue weighted by Crippen LogP contribution is 2.30. The molecule has 0 atom stereocenters. The van der Waals surface area contributed by atoms with Gasteiger partial charge in [-0.05, 0) is 30.3 Å². The van der Waals surface area contributed by atoms with Gasteiger partial charge in [0.05, 0.1) is 5.52 Å². The summed E-state index contributed by atoms with van der Waals surface area (Å²) in [5, 5.41) is 11.9. The summed E-state index contributed by atoms with van der Waals surface area (Å²) in [4.78, 5) is 0. The van der Waals surface area contributed by atoms with Crippen LogP contribution >= 0.6 is 11.8 Å². The van der Waals surface area contributed by atoms with Crippen LogP contribution in [0.4, 0.5) is 13.2 Å². The average Bonchev–Trinajstić information content (AvgIpc) is 2.90. The highest BCUT2D eigenvalue weighted by atomic mass is 32.2. The Balaban J connectivity index is 1.66. The quantitative estimate of drug-likeness (QED) is 0.734. The maximum atomic E-state index is 12.2. The van der Waals surface area contributed by atoms with Gasteiger partial charge in [-0.25, -0.2) is 0 Å². The number of fused-ring (bicyclic) bond motifs is 1. The van der Waals surface area contributed by atoms with Gasteiger partial charge in [0.15, 0.2) is 0 Å². The SMILES string of the molecule is C=C(NCCSC(F)(F)F)c1ccc2nn(CC3CNC3)cc2c1C. The molecule has 2 heterocycles. The summed E-state index contributed by atoms with van der Waals surface area (Å²) in [6, 6.07) is 3.86. The Labute approximate surface area is 148 Å². The highest BCUT2D eigenvalue weighted by molar-refractivity contribution is 8.00. The van der Waals surface area contributed by atoms with Crippen LogP contribution in [0.25, 0.3) is 16.6 Å². The van der Waals surface area contributed by atoms with E-state index in [2.05, 4.69) is 22.3 Å². The smallest absolute Gasteiger partial charge is 0.384 e. The Bertz CT molecular complexity index is 765. The van der Waals surface area contributed by atoms with Gasteiger partial charge in [0.1, 0.15) is 0 Å². The fourth-order valence-electron chi connectivity index (χ4n) is 2.91. The van der Waals surface area contributed by atoms with Gasteiger partial charge in [-0.2, -0.15) is 18.3 Å². The van der Waals surface area contributed by atoms with E-state index in [1.54, 1.807) is 0 Å². The molecule has 2 N–H and O–H groups in total. The summed E-state index contributed by atoms with van der Waals surface area (Å²) < 4.78 is 38.5. The van der Waals surface area contributed by atoms with Crippen LogP contribution in [0, 0.1) is 12.8 Å². The molecule has 1 aliphatic heterocycles. The molecule has 0 aliphatic carbocycles. The lowest BCUT2D eigenvalue weighted by Crippen LogP contribution is -2.44. The molecule has 25 heavy (non-hydrogen) atoms. The summed E-state index contributed by atoms with van der Waals surface area (Å²) >= 11 is -0.0280. The molecule has 2 aromatic rings. The Morgan fingerprint density at radius 1 is 1.44 bits per heavy atom. The number of nitrogens with one attached hydrogen (secondary N) is 2. The predicted octanol–water partition coefficient (Wildman–Crippen LogP) is 3.38. The molecular weight excluding hydrogens is 349 g/mol. The van der Waals surface area contributed by atoms with Crippen molar-refractivity contribution in [1.29, 1.82) is 0 Å². The van der Waals surface area contributed by atoms with Crippen LogP contribution in [0.2, 0.25) is 0 Å². The Morgan fingerprint density at radius 3 is 2.84 bits per heavy atom. The third-order valence-electron chi connectivity index (χ3n) is 4.35. The number of benzene rings is 1. The zero-order valence-corrected chi connectivity index (χ0v) is 14.8. The molecule has 0 unspecified atom stereocenters. The zero-order valence-electron chi connectivity index (χ0n) is 14.0. The van der Waals surface area contributed by atoms with Gasteiger partial charge in [-0.1, -0.05) is 12.6 Å². The lowest BCUT2D eigenvalue weighted by Gasteiger charge is -2.26. The van der Waals surface area contributed by atoms with Crippen molar-refractivity contribution in [1.82, 2.24) is 20.4 Å². The zero-order chi connectivity index (χ0) is 18.0.